The van der Waals surface area contributed by atoms with Crippen LogP contribution in [0.2, 0.25) is 0 Å². The molecule has 0 spiro atoms. The van der Waals surface area contributed by atoms with E-state index in [1.807, 2.05) is 0 Å². The predicted molar refractivity (Wildman–Crippen MR) is 75.7 cm³/mol. The second kappa shape index (κ2) is 6.78. The fraction of sp³-hybridized carbons (Fsp3) is 0.188. The summed E-state index contributed by atoms with van der Waals surface area (Å²) in [4.78, 5) is 12.4. The molecule has 2 aromatic rings. The molecule has 0 unspecified atom stereocenters. The lowest BCUT2D eigenvalue weighted by Crippen LogP contribution is -2.31. The Balaban J connectivity index is 2.33. The molecule has 7 heteroatoms. The lowest BCUT2D eigenvalue weighted by Gasteiger charge is -2.13. The minimum atomic E-state index is -4.66. The molecule has 0 heterocycles. The van der Waals surface area contributed by atoms with Gasteiger partial charge >= 0.3 is 6.30 Å². The summed E-state index contributed by atoms with van der Waals surface area (Å²) in [6.07, 6.45) is -4.66. The molecule has 0 amide bonds. The Labute approximate surface area is 129 Å². The Hall–Kier alpha value is -2.41. The Morgan fingerprint density at radius 2 is 1.78 bits per heavy atom. The molecule has 2 aromatic carbocycles. The summed E-state index contributed by atoms with van der Waals surface area (Å²) < 4.78 is 55.6. The van der Waals surface area contributed by atoms with Crippen molar-refractivity contribution in [3.8, 4) is 5.75 Å². The van der Waals surface area contributed by atoms with Crippen LogP contribution in [0.1, 0.15) is 21.5 Å². The molecular formula is C16H13F4NO2. The van der Waals surface area contributed by atoms with Gasteiger partial charge in [-0.05, 0) is 30.3 Å². The minimum absolute atomic E-state index is 0.119. The number of alkyl halides is 3. The fourth-order valence-corrected chi connectivity index (χ4v) is 2.04. The predicted octanol–water partition coefficient (Wildman–Crippen LogP) is 3.67. The molecule has 0 fully saturated rings. The van der Waals surface area contributed by atoms with Crippen molar-refractivity contribution in [2.75, 3.05) is 7.11 Å². The number of ether oxygens (including phenoxy) is 1. The number of methoxy groups -OCH3 is 1. The molecule has 0 saturated heterocycles. The van der Waals surface area contributed by atoms with E-state index in [9.17, 15) is 22.4 Å². The van der Waals surface area contributed by atoms with Crippen molar-refractivity contribution in [1.82, 2.24) is 5.32 Å². The topological polar surface area (TPSA) is 38.3 Å². The number of carbonyl (C=O) groups excluding carboxylic acids is 1. The van der Waals surface area contributed by atoms with Gasteiger partial charge in [-0.25, -0.2) is 9.71 Å². The van der Waals surface area contributed by atoms with Crippen LogP contribution < -0.4 is 10.1 Å². The Bertz CT molecular complexity index is 696. The van der Waals surface area contributed by atoms with Crippen molar-refractivity contribution in [3.63, 3.8) is 0 Å². The highest BCUT2D eigenvalue weighted by Crippen LogP contribution is 2.21. The van der Waals surface area contributed by atoms with E-state index in [1.165, 1.54) is 36.7 Å². The summed E-state index contributed by atoms with van der Waals surface area (Å²) in [6, 6.07) is 9.60. The molecule has 0 aliphatic heterocycles. The summed E-state index contributed by atoms with van der Waals surface area (Å²) in [7, 11) is 1.46. The van der Waals surface area contributed by atoms with Crippen molar-refractivity contribution < 1.29 is 27.1 Å². The molecule has 1 N–H and O–H groups in total. The summed E-state index contributed by atoms with van der Waals surface area (Å²) in [6.45, 7) is -0.826. The third-order valence-electron chi connectivity index (χ3n) is 3.18. The van der Waals surface area contributed by atoms with Crippen molar-refractivity contribution >= 4 is 5.78 Å². The van der Waals surface area contributed by atoms with Gasteiger partial charge in [-0.3, -0.25) is 4.79 Å². The maximum Gasteiger partial charge on any atom is 0.457 e. The largest absolute Gasteiger partial charge is 0.497 e. The van der Waals surface area contributed by atoms with Crippen LogP contribution in [-0.4, -0.2) is 19.2 Å². The number of hydrogen-bond acceptors (Lipinski definition) is 3. The molecule has 0 aliphatic carbocycles. The summed E-state index contributed by atoms with van der Waals surface area (Å²) in [5.41, 5.74) is -0.220. The number of hydrogen-bond donors (Lipinski definition) is 1. The molecule has 122 valence electrons. The van der Waals surface area contributed by atoms with Crippen LogP contribution in [0.25, 0.3) is 0 Å². The highest BCUT2D eigenvalue weighted by atomic mass is 19.4. The van der Waals surface area contributed by atoms with E-state index >= 15 is 0 Å². The van der Waals surface area contributed by atoms with Crippen molar-refractivity contribution in [1.29, 1.82) is 0 Å². The molecule has 0 radical (unpaired) electrons. The zero-order valence-electron chi connectivity index (χ0n) is 12.1. The lowest BCUT2D eigenvalue weighted by atomic mass is 9.98. The molecule has 2 rings (SSSR count). The zero-order chi connectivity index (χ0) is 17.0. The average Bonchev–Trinajstić information content (AvgIpc) is 2.52. The van der Waals surface area contributed by atoms with Gasteiger partial charge in [0.25, 0.3) is 0 Å². The molecule has 23 heavy (non-hydrogen) atoms. The number of rotatable bonds is 5. The molecular weight excluding hydrogens is 314 g/mol. The minimum Gasteiger partial charge on any atom is -0.497 e. The first-order chi connectivity index (χ1) is 10.8. The first-order valence-electron chi connectivity index (χ1n) is 6.59. The second-order valence-electron chi connectivity index (χ2n) is 4.67. The van der Waals surface area contributed by atoms with Crippen molar-refractivity contribution in [2.45, 2.75) is 12.8 Å². The average molecular weight is 327 g/mol. The number of ketones is 1. The third kappa shape index (κ3) is 4.29. The van der Waals surface area contributed by atoms with Crippen LogP contribution in [-0.2, 0) is 6.54 Å². The first-order valence-corrected chi connectivity index (χ1v) is 6.59. The van der Waals surface area contributed by atoms with Crippen molar-refractivity contribution in [2.24, 2.45) is 0 Å². The van der Waals surface area contributed by atoms with E-state index in [0.717, 1.165) is 6.07 Å². The van der Waals surface area contributed by atoms with Gasteiger partial charge in [0.05, 0.1) is 7.11 Å². The monoisotopic (exact) mass is 327 g/mol. The summed E-state index contributed by atoms with van der Waals surface area (Å²) >= 11 is 0. The van der Waals surface area contributed by atoms with E-state index in [-0.39, 0.29) is 16.7 Å². The molecule has 0 aromatic heterocycles. The van der Waals surface area contributed by atoms with Crippen molar-refractivity contribution in [3.05, 3.63) is 65.0 Å². The zero-order valence-corrected chi connectivity index (χ0v) is 12.1. The smallest absolute Gasteiger partial charge is 0.457 e. The van der Waals surface area contributed by atoms with E-state index < -0.39 is 24.4 Å². The van der Waals surface area contributed by atoms with Gasteiger partial charge in [0.15, 0.2) is 5.78 Å². The van der Waals surface area contributed by atoms with Crippen LogP contribution in [0.4, 0.5) is 17.6 Å². The van der Waals surface area contributed by atoms with Gasteiger partial charge in [0, 0.05) is 23.2 Å². The van der Waals surface area contributed by atoms with Crippen LogP contribution in [0.15, 0.2) is 42.5 Å². The van der Waals surface area contributed by atoms with E-state index in [0.29, 0.717) is 5.75 Å². The van der Waals surface area contributed by atoms with Gasteiger partial charge in [-0.2, -0.15) is 13.2 Å². The Morgan fingerprint density at radius 1 is 1.13 bits per heavy atom. The highest BCUT2D eigenvalue weighted by Gasteiger charge is 2.28. The Morgan fingerprint density at radius 3 is 2.35 bits per heavy atom. The van der Waals surface area contributed by atoms with Gasteiger partial charge < -0.3 is 4.74 Å². The number of carbonyl (C=O) groups is 1. The molecule has 0 aliphatic rings. The van der Waals surface area contributed by atoms with E-state index in [1.54, 1.807) is 12.1 Å². The third-order valence-corrected chi connectivity index (χ3v) is 3.18. The highest BCUT2D eigenvalue weighted by molar-refractivity contribution is 6.10. The molecule has 3 nitrogen and oxygen atoms in total. The normalized spacial score (nSPS) is 11.3. The molecule has 0 bridgehead atoms. The standard InChI is InChI=1S/C16H13F4NO2/c1-23-11-7-5-10(6-8-11)15(22)12-3-2-4-14(17)13(12)9-21-16(18,19)20/h2-8,21H,9H2,1H3. The number of benzene rings is 2. The molecule has 0 atom stereocenters. The molecule has 0 saturated carbocycles. The Kier molecular flexibility index (Phi) is 5.00. The number of halogens is 4. The van der Waals surface area contributed by atoms with Crippen LogP contribution >= 0.6 is 0 Å². The van der Waals surface area contributed by atoms with E-state index in [4.69, 9.17) is 4.74 Å². The summed E-state index contributed by atoms with van der Waals surface area (Å²) in [5, 5.41) is 1.23. The SMILES string of the molecule is COc1ccc(C(=O)c2cccc(F)c2CNC(F)(F)F)cc1. The van der Waals surface area contributed by atoms with Gasteiger partial charge in [0.1, 0.15) is 11.6 Å². The quantitative estimate of drug-likeness (QED) is 0.517. The number of nitrogens with one attached hydrogen (secondary N) is 1. The van der Waals surface area contributed by atoms with Gasteiger partial charge in [-0.1, -0.05) is 12.1 Å². The fourth-order valence-electron chi connectivity index (χ4n) is 2.04. The van der Waals surface area contributed by atoms with Crippen LogP contribution in [0.5, 0.6) is 5.75 Å². The van der Waals surface area contributed by atoms with Gasteiger partial charge in [0.2, 0.25) is 0 Å². The van der Waals surface area contributed by atoms with Crippen LogP contribution in [0, 0.1) is 5.82 Å². The maximum absolute atomic E-state index is 13.8. The van der Waals surface area contributed by atoms with E-state index in [2.05, 4.69) is 0 Å². The lowest BCUT2D eigenvalue weighted by molar-refractivity contribution is -0.158. The van der Waals surface area contributed by atoms with Crippen LogP contribution in [0.3, 0.4) is 0 Å². The second-order valence-corrected chi connectivity index (χ2v) is 4.67. The summed E-state index contributed by atoms with van der Waals surface area (Å²) in [5.74, 6) is -0.910. The van der Waals surface area contributed by atoms with Gasteiger partial charge in [-0.15, -0.1) is 0 Å². The maximum atomic E-state index is 13.8. The first kappa shape index (κ1) is 17.0.